The number of rotatable bonds is 18. The zero-order chi connectivity index (χ0) is 58.9. The number of pyridine rings is 2. The number of benzene rings is 2. The molecular formula is C57H67ClF3N13O5. The number of nitrogen functional groups attached to an aromatic ring is 1. The van der Waals surface area contributed by atoms with Crippen molar-refractivity contribution in [2.45, 2.75) is 92.1 Å². The lowest BCUT2D eigenvalue weighted by Gasteiger charge is -2.08. The third-order valence-corrected chi connectivity index (χ3v) is 10.3. The number of anilines is 2. The summed E-state index contributed by atoms with van der Waals surface area (Å²) < 4.78 is 37.5. The van der Waals surface area contributed by atoms with Crippen LogP contribution in [0.5, 0.6) is 0 Å². The van der Waals surface area contributed by atoms with Crippen molar-refractivity contribution in [2.75, 3.05) is 44.8 Å². The molecule has 0 aliphatic carbocycles. The Balaban J connectivity index is 0.00000109. The van der Waals surface area contributed by atoms with Crippen molar-refractivity contribution in [3.05, 3.63) is 120 Å². The van der Waals surface area contributed by atoms with Crippen LogP contribution in [0.4, 0.5) is 24.5 Å². The first-order valence-corrected chi connectivity index (χ1v) is 24.0. The standard InChI is InChI=1S/C23H21N5O.C19H19N5.C8H17N3.C4H4O2.C2HF3O2.CH4.ClH/c1-2-4-22(29)28-20-6-3-5-17(15-20)7-9-19(27-16-24)10-8-18-11-13-25-23-21(18)12-14-26-23;20-13-24-17(6-4-14-2-1-3-16(21)12-14)7-5-15-8-10-22-19-18(15)9-11-23-19;1-4-9-8-10-6-5-7-11(2)3;1-2-3-4(5)6;3-2(4,5)1(6)7;;/h3,5-6,11-15H,7-10H2,1H3,(H,25,26)(H,28,29);1-3,8-12H,4-7,21H2,(H,22,23);4-7H2,1-3H3;1H3,(H,5,6);(H,6,7);1H4;1H/i;;;;;1D;. The summed E-state index contributed by atoms with van der Waals surface area (Å²) in [6.45, 7) is 7.77. The Kier molecular flexibility index (Phi) is 34.5. The number of aliphatic carboxylic acids is 2. The Bertz CT molecular complexity index is 3190. The summed E-state index contributed by atoms with van der Waals surface area (Å²) in [5.74, 6) is 4.98. The van der Waals surface area contributed by atoms with Crippen LogP contribution in [0.3, 0.4) is 0 Å². The van der Waals surface area contributed by atoms with Crippen LogP contribution in [-0.2, 0) is 40.1 Å². The van der Waals surface area contributed by atoms with Gasteiger partial charge in [0, 0.05) is 72.2 Å². The fraction of sp³-hybridized carbons (Fsp3) is 0.333. The molecule has 4 aromatic heterocycles. The first-order chi connectivity index (χ1) is 37.9. The van der Waals surface area contributed by atoms with E-state index in [0.717, 1.165) is 115 Å². The van der Waals surface area contributed by atoms with E-state index in [9.17, 15) is 22.8 Å². The number of carbonyl (C=O) groups excluding carboxylic acids is 1. The minimum atomic E-state index is -5.08. The molecule has 1 amide bonds. The van der Waals surface area contributed by atoms with Crippen molar-refractivity contribution in [3.63, 3.8) is 0 Å². The number of nitrogens with one attached hydrogen (secondary N) is 3. The number of aromatic nitrogens is 4. The minimum absolute atomic E-state index is 0. The second-order valence-electron chi connectivity index (χ2n) is 16.3. The van der Waals surface area contributed by atoms with Crippen molar-refractivity contribution in [3.8, 4) is 36.1 Å². The van der Waals surface area contributed by atoms with Crippen molar-refractivity contribution >= 4 is 81.1 Å². The topological polar surface area (TPSA) is 287 Å². The summed E-state index contributed by atoms with van der Waals surface area (Å²) in [7, 11) is 5.37. The van der Waals surface area contributed by atoms with Crippen molar-refractivity contribution < 1.29 is 39.1 Å². The molecule has 18 nitrogen and oxygen atoms in total. The van der Waals surface area contributed by atoms with Gasteiger partial charge >= 0.3 is 18.1 Å². The lowest BCUT2D eigenvalue weighted by molar-refractivity contribution is -0.192. The summed E-state index contributed by atoms with van der Waals surface area (Å²) in [4.78, 5) is 62.8. The maximum absolute atomic E-state index is 11.6. The zero-order valence-electron chi connectivity index (χ0n) is 46.0. The third-order valence-electron chi connectivity index (χ3n) is 10.3. The number of amides is 1. The number of carbonyl (C=O) groups is 3. The molecule has 0 spiro atoms. The molecule has 0 aliphatic rings. The molecule has 7 N–H and O–H groups in total. The van der Waals surface area contributed by atoms with Gasteiger partial charge in [0.15, 0.2) is 0 Å². The predicted molar refractivity (Wildman–Crippen MR) is 308 cm³/mol. The number of aryl methyl sites for hydroxylation is 4. The summed E-state index contributed by atoms with van der Waals surface area (Å²) in [6, 6.07) is 26.2. The van der Waals surface area contributed by atoms with E-state index in [1.165, 1.54) is 25.5 Å². The van der Waals surface area contributed by atoms with Gasteiger partial charge in [0.1, 0.15) is 11.3 Å². The Labute approximate surface area is 466 Å². The third kappa shape index (κ3) is 30.3. The molecule has 0 atom stereocenters. The van der Waals surface area contributed by atoms with Crippen LogP contribution < -0.4 is 11.1 Å². The highest BCUT2D eigenvalue weighted by atomic mass is 35.5. The molecule has 0 fully saturated rings. The highest BCUT2D eigenvalue weighted by Gasteiger charge is 2.38. The van der Waals surface area contributed by atoms with Crippen LogP contribution in [0.1, 0.15) is 83.9 Å². The number of nitrogens with zero attached hydrogens (tertiary/aromatic N) is 9. The van der Waals surface area contributed by atoms with Gasteiger partial charge in [-0.15, -0.1) is 12.4 Å². The van der Waals surface area contributed by atoms with Crippen molar-refractivity contribution in [1.82, 2.24) is 24.8 Å². The molecule has 0 saturated heterocycles. The average Bonchev–Trinajstić information content (AvgIpc) is 4.12. The molecule has 0 bridgehead atoms. The molecule has 0 saturated carbocycles. The number of carboxylic acid groups (broad SMARTS) is 2. The van der Waals surface area contributed by atoms with E-state index < -0.39 is 18.1 Å². The summed E-state index contributed by atoms with van der Waals surface area (Å²) in [6.07, 6.45) is 13.3. The summed E-state index contributed by atoms with van der Waals surface area (Å²) in [5.41, 5.74) is 15.5. The first-order valence-electron chi connectivity index (χ1n) is 25.0. The molecule has 4 heterocycles. The number of nitrogens with two attached hydrogens (primary N) is 1. The molecule has 6 rings (SSSR count). The number of aliphatic imine (C=N–C) groups is 4. The average molecular weight is 1110 g/mol. The van der Waals surface area contributed by atoms with E-state index in [0.29, 0.717) is 18.5 Å². The van der Waals surface area contributed by atoms with Crippen LogP contribution in [-0.4, -0.2) is 110 Å². The summed E-state index contributed by atoms with van der Waals surface area (Å²) in [5, 5.41) is 37.8. The largest absolute Gasteiger partial charge is 0.490 e. The number of alkyl halides is 3. The number of H-pyrrole nitrogens is 2. The quantitative estimate of drug-likeness (QED) is 0.0155. The minimum Gasteiger partial charge on any atom is -0.475 e. The van der Waals surface area contributed by atoms with Gasteiger partial charge in [0.25, 0.3) is 5.91 Å². The van der Waals surface area contributed by atoms with E-state index >= 15 is 0 Å². The highest BCUT2D eigenvalue weighted by Crippen LogP contribution is 2.20. The number of fused-ring (bicyclic) bond motifs is 2. The smallest absolute Gasteiger partial charge is 0.475 e. The SMILES string of the molecule is CC#CC(=O)Nc1cccc(CCC(CCc2ccnc3[nH]ccc23)=NC#N)c1.CC#CC(=O)O.CCN=C=NCCCN(C)C.Cl.N#CN=C(CCc1cccc(N)c1)CCc1ccnc2[nH]ccc12.O=C(O)C(F)(F)F.[2H]C. The van der Waals surface area contributed by atoms with Gasteiger partial charge in [0.2, 0.25) is 12.4 Å². The van der Waals surface area contributed by atoms with Crippen LogP contribution in [0.15, 0.2) is 118 Å². The molecule has 2 aromatic carbocycles. The lowest BCUT2D eigenvalue weighted by atomic mass is 10.0. The number of carboxylic acids is 2. The van der Waals surface area contributed by atoms with E-state index in [4.69, 9.17) is 32.6 Å². The van der Waals surface area contributed by atoms with Crippen molar-refractivity contribution in [2.24, 2.45) is 20.0 Å². The van der Waals surface area contributed by atoms with Crippen LogP contribution in [0.2, 0.25) is 0 Å². The number of hydrogen-bond donors (Lipinski definition) is 6. The van der Waals surface area contributed by atoms with E-state index in [1.807, 2.05) is 117 Å². The van der Waals surface area contributed by atoms with E-state index in [1.54, 1.807) is 13.1 Å². The monoisotopic (exact) mass is 1110 g/mol. The number of halogens is 4. The lowest BCUT2D eigenvalue weighted by Crippen LogP contribution is -2.21. The maximum Gasteiger partial charge on any atom is 0.490 e. The molecule has 0 radical (unpaired) electrons. The first kappa shape index (κ1) is 67.9. The number of nitriles is 2. The fourth-order valence-electron chi connectivity index (χ4n) is 6.80. The van der Waals surface area contributed by atoms with Gasteiger partial charge < -0.3 is 36.1 Å². The van der Waals surface area contributed by atoms with Gasteiger partial charge in [-0.2, -0.15) is 33.7 Å². The Hall–Kier alpha value is -9.11. The fourth-order valence-corrected chi connectivity index (χ4v) is 6.80. The molecule has 0 aliphatic heterocycles. The van der Waals surface area contributed by atoms with Crippen LogP contribution >= 0.6 is 12.4 Å². The Morgan fingerprint density at radius 2 is 1.27 bits per heavy atom. The van der Waals surface area contributed by atoms with Gasteiger partial charge in [-0.3, -0.25) is 4.79 Å². The molecular weight excluding hydrogens is 1040 g/mol. The Morgan fingerprint density at radius 1 is 0.772 bits per heavy atom. The second-order valence-corrected chi connectivity index (χ2v) is 16.3. The highest BCUT2D eigenvalue weighted by molar-refractivity contribution is 6.04. The number of aromatic amines is 2. The second kappa shape index (κ2) is 40.2. The number of hydrogen-bond acceptors (Lipinski definition) is 13. The van der Waals surface area contributed by atoms with Gasteiger partial charge in [-0.1, -0.05) is 43.5 Å². The molecule has 6 aromatic rings. The maximum atomic E-state index is 11.6. The normalized spacial score (nSPS) is 10.3. The Morgan fingerprint density at radius 3 is 1.70 bits per heavy atom. The van der Waals surface area contributed by atoms with Crippen LogP contribution in [0.25, 0.3) is 22.1 Å². The molecule has 22 heteroatoms. The van der Waals surface area contributed by atoms with Crippen molar-refractivity contribution in [1.29, 1.82) is 10.5 Å². The van der Waals surface area contributed by atoms with Gasteiger partial charge in [0.05, 0.1) is 12.6 Å². The molecule has 0 unspecified atom stereocenters. The van der Waals surface area contributed by atoms with Gasteiger partial charge in [-0.05, 0) is 176 Å². The summed E-state index contributed by atoms with van der Waals surface area (Å²) >= 11 is 0. The van der Waals surface area contributed by atoms with E-state index in [2.05, 4.69) is 88.0 Å². The predicted octanol–water partition coefficient (Wildman–Crippen LogP) is 10.6. The molecule has 79 heavy (non-hydrogen) atoms. The molecule has 418 valence electrons. The van der Waals surface area contributed by atoms with Gasteiger partial charge in [-0.25, -0.2) is 29.5 Å². The van der Waals surface area contributed by atoms with E-state index in [-0.39, 0.29) is 18.3 Å². The van der Waals surface area contributed by atoms with Crippen LogP contribution in [0, 0.1) is 46.6 Å². The zero-order valence-corrected chi connectivity index (χ0v) is 45.8.